The number of hydrogen-bond donors (Lipinski definition) is 1. The number of ether oxygens (including phenoxy) is 1. The monoisotopic (exact) mass is 312 g/mol. The van der Waals surface area contributed by atoms with E-state index in [1.807, 2.05) is 20.8 Å². The van der Waals surface area contributed by atoms with Gasteiger partial charge in [-0.2, -0.15) is 4.31 Å². The highest BCUT2D eigenvalue weighted by molar-refractivity contribution is 7.89. The zero-order valence-corrected chi connectivity index (χ0v) is 13.9. The average Bonchev–Trinajstić information content (AvgIpc) is 2.87. The Morgan fingerprint density at radius 2 is 1.90 bits per heavy atom. The molecule has 21 heavy (non-hydrogen) atoms. The molecule has 2 rings (SSSR count). The van der Waals surface area contributed by atoms with Gasteiger partial charge in [-0.3, -0.25) is 0 Å². The first-order chi connectivity index (χ1) is 9.77. The summed E-state index contributed by atoms with van der Waals surface area (Å²) in [6, 6.07) is 3.54. The highest BCUT2D eigenvalue weighted by atomic mass is 32.2. The lowest BCUT2D eigenvalue weighted by Crippen LogP contribution is -2.33. The minimum atomic E-state index is -3.47. The number of rotatable bonds is 4. The standard InChI is InChI=1S/C15H24N2O3S/c1-10-7-14(20-4)8-11(2)15(10)21(18,19)17-6-5-13(9-17)12(3)16/h7-8,12-13H,5-6,9,16H2,1-4H3. The van der Waals surface area contributed by atoms with Gasteiger partial charge >= 0.3 is 0 Å². The third-order valence-electron chi connectivity index (χ3n) is 4.20. The topological polar surface area (TPSA) is 72.6 Å². The van der Waals surface area contributed by atoms with E-state index in [0.717, 1.165) is 17.5 Å². The van der Waals surface area contributed by atoms with E-state index in [1.165, 1.54) is 0 Å². The molecule has 0 aliphatic carbocycles. The van der Waals surface area contributed by atoms with Crippen LogP contribution in [0.1, 0.15) is 24.5 Å². The lowest BCUT2D eigenvalue weighted by Gasteiger charge is -2.21. The van der Waals surface area contributed by atoms with Gasteiger partial charge in [-0.05, 0) is 56.4 Å². The van der Waals surface area contributed by atoms with Gasteiger partial charge in [-0.1, -0.05) is 0 Å². The van der Waals surface area contributed by atoms with E-state index in [9.17, 15) is 8.42 Å². The van der Waals surface area contributed by atoms with E-state index in [-0.39, 0.29) is 12.0 Å². The Balaban J connectivity index is 2.37. The minimum Gasteiger partial charge on any atom is -0.497 e. The lowest BCUT2D eigenvalue weighted by molar-refractivity contribution is 0.413. The second-order valence-electron chi connectivity index (χ2n) is 5.86. The number of nitrogens with two attached hydrogens (primary N) is 1. The van der Waals surface area contributed by atoms with Crippen molar-refractivity contribution in [2.75, 3.05) is 20.2 Å². The molecule has 0 bridgehead atoms. The third-order valence-corrected chi connectivity index (χ3v) is 6.37. The van der Waals surface area contributed by atoms with Crippen molar-refractivity contribution in [3.63, 3.8) is 0 Å². The van der Waals surface area contributed by atoms with Crippen molar-refractivity contribution < 1.29 is 13.2 Å². The number of methoxy groups -OCH3 is 1. The molecule has 6 heteroatoms. The molecular formula is C15H24N2O3S. The zero-order chi connectivity index (χ0) is 15.8. The van der Waals surface area contributed by atoms with Crippen molar-refractivity contribution in [3.8, 4) is 5.75 Å². The molecule has 1 fully saturated rings. The molecule has 2 unspecified atom stereocenters. The lowest BCUT2D eigenvalue weighted by atomic mass is 10.0. The number of hydrogen-bond acceptors (Lipinski definition) is 4. The Kier molecular flexibility index (Phi) is 4.60. The predicted octanol–water partition coefficient (Wildman–Crippen LogP) is 1.67. The fraction of sp³-hybridized carbons (Fsp3) is 0.600. The van der Waals surface area contributed by atoms with Crippen LogP contribution in [0.5, 0.6) is 5.75 Å². The quantitative estimate of drug-likeness (QED) is 0.918. The van der Waals surface area contributed by atoms with Crippen LogP contribution in [0.3, 0.4) is 0 Å². The van der Waals surface area contributed by atoms with Crippen LogP contribution in [-0.4, -0.2) is 39.0 Å². The zero-order valence-electron chi connectivity index (χ0n) is 13.1. The molecule has 2 N–H and O–H groups in total. The van der Waals surface area contributed by atoms with Gasteiger partial charge in [-0.25, -0.2) is 8.42 Å². The van der Waals surface area contributed by atoms with E-state index in [2.05, 4.69) is 0 Å². The SMILES string of the molecule is COc1cc(C)c(S(=O)(=O)N2CCC(C(C)N)C2)c(C)c1. The molecule has 5 nitrogen and oxygen atoms in total. The second-order valence-corrected chi connectivity index (χ2v) is 7.74. The molecule has 1 aromatic rings. The maximum absolute atomic E-state index is 12.9. The molecule has 1 saturated heterocycles. The number of aryl methyl sites for hydroxylation is 2. The van der Waals surface area contributed by atoms with Crippen molar-refractivity contribution >= 4 is 10.0 Å². The van der Waals surface area contributed by atoms with Crippen LogP contribution in [-0.2, 0) is 10.0 Å². The van der Waals surface area contributed by atoms with Crippen LogP contribution in [0.4, 0.5) is 0 Å². The smallest absolute Gasteiger partial charge is 0.243 e. The first kappa shape index (κ1) is 16.3. The molecular weight excluding hydrogens is 288 g/mol. The summed E-state index contributed by atoms with van der Waals surface area (Å²) in [6.45, 7) is 6.60. The number of sulfonamides is 1. The molecule has 1 aliphatic heterocycles. The van der Waals surface area contributed by atoms with Gasteiger partial charge in [0.25, 0.3) is 0 Å². The number of benzene rings is 1. The minimum absolute atomic E-state index is 0.0169. The molecule has 0 aromatic heterocycles. The van der Waals surface area contributed by atoms with E-state index >= 15 is 0 Å². The first-order valence-corrected chi connectivity index (χ1v) is 8.62. The van der Waals surface area contributed by atoms with Crippen molar-refractivity contribution in [3.05, 3.63) is 23.3 Å². The molecule has 118 valence electrons. The molecule has 0 saturated carbocycles. The van der Waals surface area contributed by atoms with Crippen LogP contribution in [0, 0.1) is 19.8 Å². The van der Waals surface area contributed by atoms with Gasteiger partial charge < -0.3 is 10.5 Å². The average molecular weight is 312 g/mol. The highest BCUT2D eigenvalue weighted by Gasteiger charge is 2.35. The van der Waals surface area contributed by atoms with Gasteiger partial charge in [0.05, 0.1) is 12.0 Å². The van der Waals surface area contributed by atoms with Crippen molar-refractivity contribution in [1.29, 1.82) is 0 Å². The fourth-order valence-electron chi connectivity index (χ4n) is 2.97. The second kappa shape index (κ2) is 5.94. The first-order valence-electron chi connectivity index (χ1n) is 7.18. The normalized spacial score (nSPS) is 21.5. The van der Waals surface area contributed by atoms with Crippen molar-refractivity contribution in [1.82, 2.24) is 4.31 Å². The van der Waals surface area contributed by atoms with Gasteiger partial charge in [0.2, 0.25) is 10.0 Å². The van der Waals surface area contributed by atoms with Gasteiger partial charge in [0.1, 0.15) is 5.75 Å². The summed E-state index contributed by atoms with van der Waals surface area (Å²) < 4.78 is 32.5. The van der Waals surface area contributed by atoms with Crippen LogP contribution < -0.4 is 10.5 Å². The Morgan fingerprint density at radius 3 is 2.33 bits per heavy atom. The largest absolute Gasteiger partial charge is 0.497 e. The third kappa shape index (κ3) is 3.07. The summed E-state index contributed by atoms with van der Waals surface area (Å²) in [5, 5.41) is 0. The van der Waals surface area contributed by atoms with Gasteiger partial charge in [0, 0.05) is 19.1 Å². The van der Waals surface area contributed by atoms with E-state index < -0.39 is 10.0 Å². The maximum atomic E-state index is 12.9. The molecule has 0 radical (unpaired) electrons. The summed E-state index contributed by atoms with van der Waals surface area (Å²) >= 11 is 0. The Hall–Kier alpha value is -1.11. The molecule has 1 aromatic carbocycles. The summed E-state index contributed by atoms with van der Waals surface area (Å²) in [5.74, 6) is 0.914. The van der Waals surface area contributed by atoms with E-state index in [1.54, 1.807) is 23.5 Å². The summed E-state index contributed by atoms with van der Waals surface area (Å²) in [7, 11) is -1.89. The maximum Gasteiger partial charge on any atom is 0.243 e. The molecule has 0 spiro atoms. The highest BCUT2D eigenvalue weighted by Crippen LogP contribution is 2.31. The van der Waals surface area contributed by atoms with E-state index in [0.29, 0.717) is 23.7 Å². The van der Waals surface area contributed by atoms with Crippen LogP contribution in [0.25, 0.3) is 0 Å². The van der Waals surface area contributed by atoms with Crippen molar-refractivity contribution in [2.24, 2.45) is 11.7 Å². The molecule has 1 aliphatic rings. The molecule has 2 atom stereocenters. The Bertz CT molecular complexity index is 603. The Morgan fingerprint density at radius 1 is 1.33 bits per heavy atom. The predicted molar refractivity (Wildman–Crippen MR) is 83.0 cm³/mol. The molecule has 0 amide bonds. The summed E-state index contributed by atoms with van der Waals surface area (Å²) in [4.78, 5) is 0.397. The summed E-state index contributed by atoms with van der Waals surface area (Å²) in [6.07, 6.45) is 0.825. The number of nitrogens with zero attached hydrogens (tertiary/aromatic N) is 1. The van der Waals surface area contributed by atoms with Crippen LogP contribution in [0.15, 0.2) is 17.0 Å². The van der Waals surface area contributed by atoms with Crippen molar-refractivity contribution in [2.45, 2.75) is 38.1 Å². The van der Waals surface area contributed by atoms with Crippen LogP contribution >= 0.6 is 0 Å². The Labute approximate surface area is 127 Å². The van der Waals surface area contributed by atoms with E-state index in [4.69, 9.17) is 10.5 Å². The van der Waals surface area contributed by atoms with Crippen LogP contribution in [0.2, 0.25) is 0 Å². The molecule has 1 heterocycles. The van der Waals surface area contributed by atoms with Gasteiger partial charge in [-0.15, -0.1) is 0 Å². The fourth-order valence-corrected chi connectivity index (χ4v) is 4.89. The summed E-state index contributed by atoms with van der Waals surface area (Å²) in [5.41, 5.74) is 7.34. The van der Waals surface area contributed by atoms with Gasteiger partial charge in [0.15, 0.2) is 0 Å².